The summed E-state index contributed by atoms with van der Waals surface area (Å²) in [5.41, 5.74) is 2.84. The number of hydrogen-bond acceptors (Lipinski definition) is 8. The van der Waals surface area contributed by atoms with Gasteiger partial charge in [-0.1, -0.05) is 32.6 Å². The molecule has 1 amide bonds. The third-order valence-corrected chi connectivity index (χ3v) is 7.83. The maximum Gasteiger partial charge on any atom is 0.246 e. The summed E-state index contributed by atoms with van der Waals surface area (Å²) < 4.78 is 22.0. The van der Waals surface area contributed by atoms with Crippen molar-refractivity contribution in [3.05, 3.63) is 59.6 Å². The van der Waals surface area contributed by atoms with E-state index in [2.05, 4.69) is 36.2 Å². The van der Waals surface area contributed by atoms with Gasteiger partial charge in [0.1, 0.15) is 5.82 Å². The minimum absolute atomic E-state index is 0.0842. The van der Waals surface area contributed by atoms with Crippen molar-refractivity contribution in [2.45, 2.75) is 76.9 Å². The summed E-state index contributed by atoms with van der Waals surface area (Å²) >= 11 is 0. The Hall–Kier alpha value is -3.86. The number of halogens is 1. The second-order valence-corrected chi connectivity index (χ2v) is 11.1. The van der Waals surface area contributed by atoms with Crippen LogP contribution >= 0.6 is 0 Å². The van der Waals surface area contributed by atoms with Gasteiger partial charge in [0, 0.05) is 44.3 Å². The van der Waals surface area contributed by atoms with Gasteiger partial charge in [-0.2, -0.15) is 19.6 Å². The zero-order valence-electron chi connectivity index (χ0n) is 23.7. The second kappa shape index (κ2) is 12.8. The van der Waals surface area contributed by atoms with Gasteiger partial charge >= 0.3 is 0 Å². The fraction of sp³-hybridized carbons (Fsp3) is 0.500. The molecule has 10 nitrogen and oxygen atoms in total. The topological polar surface area (TPSA) is 114 Å². The Kier molecular flexibility index (Phi) is 8.92. The molecule has 218 valence electrons. The van der Waals surface area contributed by atoms with E-state index >= 15 is 0 Å². The molecule has 1 atom stereocenters. The molecule has 0 aliphatic carbocycles. The van der Waals surface area contributed by atoms with E-state index in [-0.39, 0.29) is 30.1 Å². The molecule has 2 aliphatic heterocycles. The summed E-state index contributed by atoms with van der Waals surface area (Å²) in [6.45, 7) is 10.0. The number of aromatic nitrogens is 4. The number of Topliss-reactive ketones (excluding diaryl/α,β-unsaturated/α-hetero) is 1. The zero-order chi connectivity index (χ0) is 28.9. The van der Waals surface area contributed by atoms with Gasteiger partial charge in [-0.25, -0.2) is 4.39 Å². The highest BCUT2D eigenvalue weighted by Gasteiger charge is 2.31. The second-order valence-electron chi connectivity index (χ2n) is 11.1. The monoisotopic (exact) mass is 563 g/mol. The number of ketones is 1. The summed E-state index contributed by atoms with van der Waals surface area (Å²) in [5, 5.41) is 11.3. The first-order valence-electron chi connectivity index (χ1n) is 14.4. The third kappa shape index (κ3) is 6.56. The van der Waals surface area contributed by atoms with E-state index in [1.54, 1.807) is 21.5 Å². The molecular weight excluding hydrogens is 525 g/mol. The minimum Gasteiger partial charge on any atom is -0.381 e. The SMILES string of the molecule is C=CC(=O)N1CCCCC1C(=O)Cc1cc(CNc2nc(NC3CCOCC3)nc3c(C(C)C)cnn23)ccc1F. The van der Waals surface area contributed by atoms with E-state index in [1.165, 1.54) is 12.1 Å². The summed E-state index contributed by atoms with van der Waals surface area (Å²) in [5.74, 6) is 0.390. The van der Waals surface area contributed by atoms with Gasteiger partial charge in [-0.3, -0.25) is 9.59 Å². The van der Waals surface area contributed by atoms with Gasteiger partial charge in [-0.05, 0) is 61.3 Å². The smallest absolute Gasteiger partial charge is 0.246 e. The number of ether oxygens (including phenoxy) is 1. The zero-order valence-corrected chi connectivity index (χ0v) is 23.7. The molecule has 2 aliphatic rings. The summed E-state index contributed by atoms with van der Waals surface area (Å²) in [6.07, 6.45) is 7.00. The molecule has 0 saturated carbocycles. The van der Waals surface area contributed by atoms with Crippen LogP contribution in [0.2, 0.25) is 0 Å². The third-order valence-electron chi connectivity index (χ3n) is 7.83. The molecule has 2 N–H and O–H groups in total. The molecule has 2 aromatic heterocycles. The number of nitrogens with one attached hydrogen (secondary N) is 2. The normalized spacial score (nSPS) is 18.0. The lowest BCUT2D eigenvalue weighted by molar-refractivity contribution is -0.137. The molecule has 1 aromatic carbocycles. The average molecular weight is 564 g/mol. The predicted molar refractivity (Wildman–Crippen MR) is 154 cm³/mol. The Labute approximate surface area is 239 Å². The van der Waals surface area contributed by atoms with Gasteiger partial charge in [0.05, 0.1) is 12.2 Å². The minimum atomic E-state index is -0.554. The number of amides is 1. The largest absolute Gasteiger partial charge is 0.381 e. The lowest BCUT2D eigenvalue weighted by atomic mass is 9.93. The molecule has 5 rings (SSSR count). The lowest BCUT2D eigenvalue weighted by Crippen LogP contribution is -2.47. The highest BCUT2D eigenvalue weighted by Crippen LogP contribution is 2.24. The summed E-state index contributed by atoms with van der Waals surface area (Å²) in [7, 11) is 0. The highest BCUT2D eigenvalue weighted by atomic mass is 19.1. The van der Waals surface area contributed by atoms with Crippen molar-refractivity contribution < 1.29 is 18.7 Å². The lowest BCUT2D eigenvalue weighted by Gasteiger charge is -2.34. The molecule has 4 heterocycles. The van der Waals surface area contributed by atoms with Crippen molar-refractivity contribution >= 4 is 29.2 Å². The van der Waals surface area contributed by atoms with Crippen LogP contribution in [0, 0.1) is 5.82 Å². The van der Waals surface area contributed by atoms with E-state index in [0.29, 0.717) is 50.2 Å². The van der Waals surface area contributed by atoms with Crippen molar-refractivity contribution in [2.75, 3.05) is 30.4 Å². The van der Waals surface area contributed by atoms with E-state index in [4.69, 9.17) is 14.7 Å². The fourth-order valence-electron chi connectivity index (χ4n) is 5.51. The van der Waals surface area contributed by atoms with Gasteiger partial charge in [0.2, 0.25) is 17.8 Å². The van der Waals surface area contributed by atoms with Crippen molar-refractivity contribution in [1.82, 2.24) is 24.5 Å². The van der Waals surface area contributed by atoms with E-state index < -0.39 is 11.9 Å². The van der Waals surface area contributed by atoms with Crippen LogP contribution in [0.5, 0.6) is 0 Å². The van der Waals surface area contributed by atoms with Gasteiger partial charge in [-0.15, -0.1) is 0 Å². The van der Waals surface area contributed by atoms with Crippen LogP contribution < -0.4 is 10.6 Å². The number of nitrogens with zero attached hydrogens (tertiary/aromatic N) is 5. The van der Waals surface area contributed by atoms with E-state index in [9.17, 15) is 14.0 Å². The van der Waals surface area contributed by atoms with Crippen LogP contribution in [-0.4, -0.2) is 68.0 Å². The number of fused-ring (bicyclic) bond motifs is 1. The first kappa shape index (κ1) is 28.7. The molecular formula is C30H38FN7O3. The molecule has 0 spiro atoms. The van der Waals surface area contributed by atoms with Crippen molar-refractivity contribution in [2.24, 2.45) is 0 Å². The van der Waals surface area contributed by atoms with Gasteiger partial charge < -0.3 is 20.3 Å². The van der Waals surface area contributed by atoms with Crippen LogP contribution in [0.15, 0.2) is 37.1 Å². The van der Waals surface area contributed by atoms with Crippen molar-refractivity contribution in [3.63, 3.8) is 0 Å². The molecule has 2 saturated heterocycles. The number of carbonyl (C=O) groups excluding carboxylic acids is 2. The Morgan fingerprint density at radius 2 is 2.00 bits per heavy atom. The number of anilines is 2. The maximum atomic E-state index is 14.8. The van der Waals surface area contributed by atoms with Gasteiger partial charge in [0.25, 0.3) is 0 Å². The molecule has 0 radical (unpaired) electrons. The molecule has 2 fully saturated rings. The standard InChI is InChI=1S/C30H38FN7O3/c1-4-27(40)37-12-6-5-7-25(37)26(39)16-21-15-20(8-9-24(21)31)17-32-30-36-29(34-22-10-13-41-14-11-22)35-28-23(19(2)3)18-33-38(28)30/h4,8-9,15,18-19,22,25H,1,5-7,10-14,16-17H2,2-3H3,(H2,32,34,35,36). The fourth-order valence-corrected chi connectivity index (χ4v) is 5.51. The molecule has 3 aromatic rings. The highest BCUT2D eigenvalue weighted by molar-refractivity contribution is 5.94. The van der Waals surface area contributed by atoms with Gasteiger partial charge in [0.15, 0.2) is 11.4 Å². The number of rotatable bonds is 10. The predicted octanol–water partition coefficient (Wildman–Crippen LogP) is 4.27. The number of hydrogen-bond donors (Lipinski definition) is 2. The van der Waals surface area contributed by atoms with E-state index in [0.717, 1.165) is 42.5 Å². The average Bonchev–Trinajstić information content (AvgIpc) is 3.42. The van der Waals surface area contributed by atoms with Crippen LogP contribution in [0.25, 0.3) is 5.65 Å². The Morgan fingerprint density at radius 1 is 1.20 bits per heavy atom. The van der Waals surface area contributed by atoms with Crippen LogP contribution in [0.4, 0.5) is 16.3 Å². The van der Waals surface area contributed by atoms with Crippen LogP contribution in [-0.2, 0) is 27.3 Å². The molecule has 11 heteroatoms. The van der Waals surface area contributed by atoms with E-state index in [1.807, 2.05) is 6.20 Å². The Bertz CT molecular complexity index is 1420. The van der Waals surface area contributed by atoms with Crippen LogP contribution in [0.3, 0.4) is 0 Å². The quantitative estimate of drug-likeness (QED) is 0.352. The molecule has 41 heavy (non-hydrogen) atoms. The number of likely N-dealkylation sites (tertiary alicyclic amines) is 1. The summed E-state index contributed by atoms with van der Waals surface area (Å²) in [6, 6.07) is 4.44. The number of carbonyl (C=O) groups is 2. The van der Waals surface area contributed by atoms with Crippen molar-refractivity contribution in [3.8, 4) is 0 Å². The maximum absolute atomic E-state index is 14.8. The van der Waals surface area contributed by atoms with Crippen molar-refractivity contribution in [1.29, 1.82) is 0 Å². The summed E-state index contributed by atoms with van der Waals surface area (Å²) in [4.78, 5) is 36.5. The number of piperidine rings is 1. The first-order chi connectivity index (χ1) is 19.8. The number of benzene rings is 1. The van der Waals surface area contributed by atoms with Crippen LogP contribution in [0.1, 0.15) is 68.6 Å². The first-order valence-corrected chi connectivity index (χ1v) is 14.4. The molecule has 0 bridgehead atoms. The Balaban J connectivity index is 1.34. The Morgan fingerprint density at radius 3 is 2.76 bits per heavy atom. The molecule has 1 unspecified atom stereocenters.